The van der Waals surface area contributed by atoms with E-state index in [2.05, 4.69) is 63.9 Å². The Morgan fingerprint density at radius 3 is 2.50 bits per heavy atom. The molecule has 0 nitrogen and oxygen atoms in total. The first-order valence-corrected chi connectivity index (χ1v) is 5.80. The molecule has 12 heavy (non-hydrogen) atoms. The number of hydrogen-bond donors (Lipinski definition) is 0. The molecule has 0 fully saturated rings. The van der Waals surface area contributed by atoms with Gasteiger partial charge in [-0.05, 0) is 23.1 Å². The molecule has 0 aromatic heterocycles. The zero-order valence-corrected chi connectivity index (χ0v) is 10.4. The standard InChI is InChI=1S/C10H12Br2/c1-10(2,7-11)8-4-3-5-9(12)6-8/h3-6H,7H2,1-2H3. The van der Waals surface area contributed by atoms with Gasteiger partial charge in [-0.1, -0.05) is 57.8 Å². The van der Waals surface area contributed by atoms with E-state index in [9.17, 15) is 0 Å². The summed E-state index contributed by atoms with van der Waals surface area (Å²) in [7, 11) is 0. The van der Waals surface area contributed by atoms with Crippen LogP contribution in [0.2, 0.25) is 0 Å². The van der Waals surface area contributed by atoms with Gasteiger partial charge in [0.05, 0.1) is 0 Å². The van der Waals surface area contributed by atoms with Crippen molar-refractivity contribution < 1.29 is 0 Å². The predicted octanol–water partition coefficient (Wildman–Crippen LogP) is 4.12. The zero-order valence-electron chi connectivity index (χ0n) is 7.27. The lowest BCUT2D eigenvalue weighted by Crippen LogP contribution is -2.18. The topological polar surface area (TPSA) is 0 Å². The van der Waals surface area contributed by atoms with Crippen LogP contribution in [0.4, 0.5) is 0 Å². The maximum atomic E-state index is 3.52. The minimum absolute atomic E-state index is 0.212. The lowest BCUT2D eigenvalue weighted by atomic mass is 9.87. The monoisotopic (exact) mass is 290 g/mol. The van der Waals surface area contributed by atoms with E-state index in [1.54, 1.807) is 0 Å². The Labute approximate surface area is 90.6 Å². The second-order valence-electron chi connectivity index (χ2n) is 3.53. The molecule has 0 unspecified atom stereocenters. The normalized spacial score (nSPS) is 11.7. The average molecular weight is 292 g/mol. The van der Waals surface area contributed by atoms with Gasteiger partial charge >= 0.3 is 0 Å². The smallest absolute Gasteiger partial charge is 0.0178 e. The van der Waals surface area contributed by atoms with Crippen LogP contribution < -0.4 is 0 Å². The van der Waals surface area contributed by atoms with Crippen LogP contribution >= 0.6 is 31.9 Å². The van der Waals surface area contributed by atoms with E-state index in [0.29, 0.717) is 0 Å². The number of hydrogen-bond acceptors (Lipinski definition) is 0. The third-order valence-corrected chi connectivity index (χ3v) is 3.84. The molecule has 0 saturated heterocycles. The van der Waals surface area contributed by atoms with Gasteiger partial charge in [-0.2, -0.15) is 0 Å². The van der Waals surface area contributed by atoms with E-state index in [0.717, 1.165) is 9.80 Å². The number of rotatable bonds is 2. The summed E-state index contributed by atoms with van der Waals surface area (Å²) in [6.45, 7) is 4.45. The zero-order chi connectivity index (χ0) is 9.19. The van der Waals surface area contributed by atoms with Crippen LogP contribution in [-0.4, -0.2) is 5.33 Å². The summed E-state index contributed by atoms with van der Waals surface area (Å²) >= 11 is 6.99. The van der Waals surface area contributed by atoms with Gasteiger partial charge in [0, 0.05) is 9.80 Å². The molecule has 66 valence electrons. The van der Waals surface area contributed by atoms with Gasteiger partial charge in [-0.15, -0.1) is 0 Å². The minimum Gasteiger partial charge on any atom is -0.0919 e. The minimum atomic E-state index is 0.212. The van der Waals surface area contributed by atoms with Crippen molar-refractivity contribution in [2.24, 2.45) is 0 Å². The summed E-state index contributed by atoms with van der Waals surface area (Å²) in [5, 5.41) is 0.983. The van der Waals surface area contributed by atoms with Gasteiger partial charge in [0.15, 0.2) is 0 Å². The molecule has 2 heteroatoms. The van der Waals surface area contributed by atoms with Crippen LogP contribution in [0.5, 0.6) is 0 Å². The SMILES string of the molecule is CC(C)(CBr)c1cccc(Br)c1. The molecule has 1 aromatic carbocycles. The Balaban J connectivity index is 3.03. The van der Waals surface area contributed by atoms with Gasteiger partial charge in [0.2, 0.25) is 0 Å². The number of benzene rings is 1. The van der Waals surface area contributed by atoms with E-state index in [4.69, 9.17) is 0 Å². The Morgan fingerprint density at radius 1 is 1.33 bits per heavy atom. The van der Waals surface area contributed by atoms with Crippen LogP contribution in [0, 0.1) is 0 Å². The quantitative estimate of drug-likeness (QED) is 0.719. The largest absolute Gasteiger partial charge is 0.0919 e. The Kier molecular flexibility index (Phi) is 3.36. The van der Waals surface area contributed by atoms with Gasteiger partial charge in [-0.3, -0.25) is 0 Å². The van der Waals surface area contributed by atoms with Gasteiger partial charge < -0.3 is 0 Å². The van der Waals surface area contributed by atoms with Crippen LogP contribution in [0.1, 0.15) is 19.4 Å². The fourth-order valence-electron chi connectivity index (χ4n) is 0.987. The second-order valence-corrected chi connectivity index (χ2v) is 5.00. The summed E-state index contributed by atoms with van der Waals surface area (Å²) < 4.78 is 1.15. The van der Waals surface area contributed by atoms with Gasteiger partial charge in [0.25, 0.3) is 0 Å². The van der Waals surface area contributed by atoms with Crippen LogP contribution in [-0.2, 0) is 5.41 Å². The lowest BCUT2D eigenvalue weighted by Gasteiger charge is -2.22. The van der Waals surface area contributed by atoms with E-state index in [1.165, 1.54) is 5.56 Å². The van der Waals surface area contributed by atoms with E-state index < -0.39 is 0 Å². The van der Waals surface area contributed by atoms with Crippen LogP contribution in [0.25, 0.3) is 0 Å². The molecule has 0 atom stereocenters. The van der Waals surface area contributed by atoms with Crippen molar-refractivity contribution >= 4 is 31.9 Å². The maximum absolute atomic E-state index is 3.52. The molecule has 1 rings (SSSR count). The van der Waals surface area contributed by atoms with Crippen molar-refractivity contribution in [3.05, 3.63) is 34.3 Å². The molecular weight excluding hydrogens is 280 g/mol. The summed E-state index contributed by atoms with van der Waals surface area (Å²) in [5.41, 5.74) is 1.57. The number of alkyl halides is 1. The van der Waals surface area contributed by atoms with Crippen molar-refractivity contribution in [2.45, 2.75) is 19.3 Å². The lowest BCUT2D eigenvalue weighted by molar-refractivity contribution is 0.606. The second kappa shape index (κ2) is 3.93. The van der Waals surface area contributed by atoms with Gasteiger partial charge in [-0.25, -0.2) is 0 Å². The van der Waals surface area contributed by atoms with Gasteiger partial charge in [0.1, 0.15) is 0 Å². The molecule has 0 radical (unpaired) electrons. The molecule has 0 heterocycles. The summed E-state index contributed by atoms with van der Waals surface area (Å²) in [6, 6.07) is 8.45. The third-order valence-electron chi connectivity index (χ3n) is 1.94. The van der Waals surface area contributed by atoms with Crippen molar-refractivity contribution in [3.63, 3.8) is 0 Å². The molecule has 0 aliphatic carbocycles. The van der Waals surface area contributed by atoms with Crippen LogP contribution in [0.15, 0.2) is 28.7 Å². The van der Waals surface area contributed by atoms with E-state index >= 15 is 0 Å². The first-order valence-electron chi connectivity index (χ1n) is 3.88. The van der Waals surface area contributed by atoms with Crippen molar-refractivity contribution in [1.82, 2.24) is 0 Å². The average Bonchev–Trinajstić information content (AvgIpc) is 2.05. The first kappa shape index (κ1) is 10.3. The highest BCUT2D eigenvalue weighted by Gasteiger charge is 2.18. The molecule has 0 amide bonds. The van der Waals surface area contributed by atoms with Crippen molar-refractivity contribution in [1.29, 1.82) is 0 Å². The highest BCUT2D eigenvalue weighted by atomic mass is 79.9. The molecule has 1 aromatic rings. The Bertz CT molecular complexity index is 266. The summed E-state index contributed by atoms with van der Waals surface area (Å²) in [5.74, 6) is 0. The fourth-order valence-corrected chi connectivity index (χ4v) is 1.71. The fraction of sp³-hybridized carbons (Fsp3) is 0.400. The molecule has 0 spiro atoms. The van der Waals surface area contributed by atoms with Crippen molar-refractivity contribution in [3.8, 4) is 0 Å². The Hall–Kier alpha value is 0.180. The predicted molar refractivity (Wildman–Crippen MR) is 61.0 cm³/mol. The molecule has 0 aliphatic rings. The highest BCUT2D eigenvalue weighted by molar-refractivity contribution is 9.10. The van der Waals surface area contributed by atoms with Crippen LogP contribution in [0.3, 0.4) is 0 Å². The third kappa shape index (κ3) is 2.33. The molecular formula is C10H12Br2. The molecule has 0 saturated carbocycles. The highest BCUT2D eigenvalue weighted by Crippen LogP contribution is 2.27. The molecule has 0 bridgehead atoms. The number of halogens is 2. The Morgan fingerprint density at radius 2 is 2.00 bits per heavy atom. The maximum Gasteiger partial charge on any atom is 0.0178 e. The first-order chi connectivity index (χ1) is 5.56. The summed E-state index contributed by atoms with van der Waals surface area (Å²) in [6.07, 6.45) is 0. The van der Waals surface area contributed by atoms with E-state index in [1.807, 2.05) is 6.07 Å². The van der Waals surface area contributed by atoms with E-state index in [-0.39, 0.29) is 5.41 Å². The summed E-state index contributed by atoms with van der Waals surface area (Å²) in [4.78, 5) is 0. The molecule has 0 N–H and O–H groups in total. The van der Waals surface area contributed by atoms with Crippen molar-refractivity contribution in [2.75, 3.05) is 5.33 Å². The molecule has 0 aliphatic heterocycles.